The summed E-state index contributed by atoms with van der Waals surface area (Å²) in [6.07, 6.45) is 6.14. The van der Waals surface area contributed by atoms with E-state index in [0.717, 1.165) is 28.3 Å². The van der Waals surface area contributed by atoms with Crippen LogP contribution in [0.25, 0.3) is 16.8 Å². The number of fused-ring (bicyclic) bond motifs is 1. The van der Waals surface area contributed by atoms with E-state index >= 15 is 0 Å². The van der Waals surface area contributed by atoms with Gasteiger partial charge in [-0.1, -0.05) is 30.3 Å². The predicted octanol–water partition coefficient (Wildman–Crippen LogP) is 5.59. The molecule has 0 unspecified atom stereocenters. The summed E-state index contributed by atoms with van der Waals surface area (Å²) >= 11 is 1.11. The molecule has 0 radical (unpaired) electrons. The lowest BCUT2D eigenvalue weighted by Gasteiger charge is -2.04. The summed E-state index contributed by atoms with van der Waals surface area (Å²) in [5.41, 5.74) is 1.01. The summed E-state index contributed by atoms with van der Waals surface area (Å²) in [5, 5.41) is 13.9. The van der Waals surface area contributed by atoms with Gasteiger partial charge in [0.1, 0.15) is 5.75 Å². The zero-order valence-electron chi connectivity index (χ0n) is 17.0. The number of hydrogen-bond acceptors (Lipinski definition) is 7. The Morgan fingerprint density at radius 3 is 2.53 bits per heavy atom. The van der Waals surface area contributed by atoms with E-state index in [1.165, 1.54) is 12.1 Å². The van der Waals surface area contributed by atoms with Crippen LogP contribution in [-0.4, -0.2) is 27.8 Å². The van der Waals surface area contributed by atoms with E-state index in [1.54, 1.807) is 49.8 Å². The molecule has 0 saturated carbocycles. The van der Waals surface area contributed by atoms with Crippen molar-refractivity contribution in [3.05, 3.63) is 100 Å². The molecule has 0 aliphatic carbocycles. The molecule has 0 atom stereocenters. The predicted molar refractivity (Wildman–Crippen MR) is 123 cm³/mol. The fourth-order valence-corrected chi connectivity index (χ4v) is 3.87. The molecule has 0 bridgehead atoms. The van der Waals surface area contributed by atoms with Crippen molar-refractivity contribution < 1.29 is 14.5 Å². The molecule has 3 aromatic carbocycles. The summed E-state index contributed by atoms with van der Waals surface area (Å²) < 4.78 is 5.22. The zero-order chi connectivity index (χ0) is 22.5. The Balaban J connectivity index is 1.55. The normalized spacial score (nSPS) is 11.0. The number of nitro groups is 1. The molecule has 158 valence electrons. The third kappa shape index (κ3) is 4.81. The molecule has 7 nitrogen and oxygen atoms in total. The molecule has 1 heterocycles. The number of aromatic nitrogens is 2. The quantitative estimate of drug-likeness (QED) is 0.121. The van der Waals surface area contributed by atoms with E-state index in [-0.39, 0.29) is 11.5 Å². The fraction of sp³-hybridized carbons (Fsp3) is 0.0417. The van der Waals surface area contributed by atoms with Gasteiger partial charge in [-0.15, -0.1) is 0 Å². The second kappa shape index (κ2) is 9.40. The monoisotopic (exact) mass is 443 g/mol. The lowest BCUT2D eigenvalue weighted by Crippen LogP contribution is -1.95. The summed E-state index contributed by atoms with van der Waals surface area (Å²) in [5.74, 6) is 0.556. The maximum atomic E-state index is 12.6. The van der Waals surface area contributed by atoms with E-state index in [0.29, 0.717) is 21.2 Å². The number of rotatable bonds is 7. The number of nitro benzene ring substituents is 1. The van der Waals surface area contributed by atoms with Gasteiger partial charge in [-0.2, -0.15) is 0 Å². The second-order valence-corrected chi connectivity index (χ2v) is 7.75. The number of ketones is 1. The van der Waals surface area contributed by atoms with Crippen molar-refractivity contribution in [1.82, 2.24) is 9.97 Å². The Kier molecular flexibility index (Phi) is 6.23. The number of nitrogens with zero attached hydrogens (tertiary/aromatic N) is 3. The average Bonchev–Trinajstić information content (AvgIpc) is 2.83. The second-order valence-electron chi connectivity index (χ2n) is 6.74. The van der Waals surface area contributed by atoms with Crippen LogP contribution in [0.3, 0.4) is 0 Å². The summed E-state index contributed by atoms with van der Waals surface area (Å²) in [6.45, 7) is 0. The van der Waals surface area contributed by atoms with E-state index in [9.17, 15) is 14.9 Å². The van der Waals surface area contributed by atoms with Gasteiger partial charge in [-0.3, -0.25) is 14.9 Å². The molecular weight excluding hydrogens is 426 g/mol. The molecule has 0 saturated heterocycles. The molecular formula is C24H17N3O4S. The van der Waals surface area contributed by atoms with Gasteiger partial charge < -0.3 is 4.74 Å². The van der Waals surface area contributed by atoms with Crippen LogP contribution >= 0.6 is 11.8 Å². The first-order chi connectivity index (χ1) is 15.5. The Morgan fingerprint density at radius 2 is 1.78 bits per heavy atom. The van der Waals surface area contributed by atoms with E-state index in [2.05, 4.69) is 9.97 Å². The van der Waals surface area contributed by atoms with Crippen molar-refractivity contribution in [3.63, 3.8) is 0 Å². The third-order valence-electron chi connectivity index (χ3n) is 4.68. The van der Waals surface area contributed by atoms with Crippen molar-refractivity contribution in [3.8, 4) is 5.75 Å². The highest BCUT2D eigenvalue weighted by Gasteiger charge is 2.16. The highest BCUT2D eigenvalue weighted by molar-refractivity contribution is 7.99. The minimum absolute atomic E-state index is 0.0725. The lowest BCUT2D eigenvalue weighted by atomic mass is 10.0. The molecule has 4 rings (SSSR count). The maximum absolute atomic E-state index is 12.6. The third-order valence-corrected chi connectivity index (χ3v) is 5.64. The van der Waals surface area contributed by atoms with Gasteiger partial charge in [-0.05, 0) is 64.5 Å². The van der Waals surface area contributed by atoms with Crippen LogP contribution in [0.4, 0.5) is 5.69 Å². The van der Waals surface area contributed by atoms with Gasteiger partial charge in [0.05, 0.1) is 16.9 Å². The molecule has 8 heteroatoms. The Labute approximate surface area is 187 Å². The van der Waals surface area contributed by atoms with Crippen LogP contribution in [0.5, 0.6) is 5.75 Å². The molecule has 4 aromatic rings. The minimum atomic E-state index is -0.456. The van der Waals surface area contributed by atoms with Gasteiger partial charge >= 0.3 is 0 Å². The Hall–Kier alpha value is -4.04. The molecule has 0 N–H and O–H groups in total. The number of benzene rings is 3. The highest BCUT2D eigenvalue weighted by atomic mass is 32.2. The van der Waals surface area contributed by atoms with Gasteiger partial charge in [0.15, 0.2) is 10.9 Å². The molecule has 1 aromatic heterocycles. The topological polar surface area (TPSA) is 95.2 Å². The first-order valence-electron chi connectivity index (χ1n) is 9.57. The summed E-state index contributed by atoms with van der Waals surface area (Å²) in [6, 6.07) is 17.5. The molecule has 0 amide bonds. The van der Waals surface area contributed by atoms with Crippen LogP contribution in [0, 0.1) is 10.1 Å². The first-order valence-corrected chi connectivity index (χ1v) is 10.4. The number of carbonyl (C=O) groups is 1. The van der Waals surface area contributed by atoms with E-state index in [1.807, 2.05) is 30.3 Å². The average molecular weight is 443 g/mol. The lowest BCUT2D eigenvalue weighted by molar-refractivity contribution is -0.387. The molecule has 0 aliphatic heterocycles. The minimum Gasteiger partial charge on any atom is -0.497 e. The van der Waals surface area contributed by atoms with Crippen LogP contribution in [0.2, 0.25) is 0 Å². The van der Waals surface area contributed by atoms with Crippen molar-refractivity contribution in [2.24, 2.45) is 0 Å². The van der Waals surface area contributed by atoms with Gasteiger partial charge in [0, 0.05) is 24.0 Å². The summed E-state index contributed by atoms with van der Waals surface area (Å²) in [7, 11) is 1.61. The largest absolute Gasteiger partial charge is 0.497 e. The van der Waals surface area contributed by atoms with Gasteiger partial charge in [0.2, 0.25) is 0 Å². The number of carbonyl (C=O) groups excluding carboxylic acids is 1. The fourth-order valence-electron chi connectivity index (χ4n) is 3.08. The number of methoxy groups -OCH3 is 1. The van der Waals surface area contributed by atoms with Gasteiger partial charge in [-0.25, -0.2) is 9.97 Å². The van der Waals surface area contributed by atoms with E-state index in [4.69, 9.17) is 4.74 Å². The van der Waals surface area contributed by atoms with Crippen molar-refractivity contribution in [2.75, 3.05) is 7.11 Å². The van der Waals surface area contributed by atoms with E-state index < -0.39 is 4.92 Å². The number of allylic oxidation sites excluding steroid dienone is 1. The Bertz CT molecular complexity index is 1340. The SMILES string of the molecule is COc1ccc2cc(C(=O)C=Cc3ccc(Sc4ncccn4)c([N+](=O)[O-])c3)ccc2c1. The van der Waals surface area contributed by atoms with Crippen molar-refractivity contribution in [2.45, 2.75) is 10.1 Å². The maximum Gasteiger partial charge on any atom is 0.283 e. The molecule has 0 fully saturated rings. The summed E-state index contributed by atoms with van der Waals surface area (Å²) in [4.78, 5) is 32.3. The first kappa shape index (κ1) is 21.2. The van der Waals surface area contributed by atoms with Crippen LogP contribution < -0.4 is 4.74 Å². The highest BCUT2D eigenvalue weighted by Crippen LogP contribution is 2.33. The van der Waals surface area contributed by atoms with Crippen LogP contribution in [-0.2, 0) is 0 Å². The van der Waals surface area contributed by atoms with Gasteiger partial charge in [0.25, 0.3) is 5.69 Å². The zero-order valence-corrected chi connectivity index (χ0v) is 17.8. The van der Waals surface area contributed by atoms with Crippen molar-refractivity contribution >= 4 is 40.1 Å². The van der Waals surface area contributed by atoms with Crippen LogP contribution in [0.1, 0.15) is 15.9 Å². The van der Waals surface area contributed by atoms with Crippen molar-refractivity contribution in [1.29, 1.82) is 0 Å². The molecule has 32 heavy (non-hydrogen) atoms. The molecule has 0 aliphatic rings. The number of ether oxygens (including phenoxy) is 1. The smallest absolute Gasteiger partial charge is 0.283 e. The standard InChI is InChI=1S/C24H17N3O4S/c1-31-20-8-7-17-14-19(6-5-18(17)15-20)22(28)9-3-16-4-10-23(21(13-16)27(29)30)32-24-25-11-2-12-26-24/h2-15H,1H3. The number of hydrogen-bond donors (Lipinski definition) is 0. The van der Waals surface area contributed by atoms with Crippen LogP contribution in [0.15, 0.2) is 89.2 Å². The molecule has 0 spiro atoms. The Morgan fingerprint density at radius 1 is 1.03 bits per heavy atom.